The molecule has 18 heavy (non-hydrogen) atoms. The fourth-order valence-corrected chi connectivity index (χ4v) is 2.42. The molecule has 0 aromatic heterocycles. The summed E-state index contributed by atoms with van der Waals surface area (Å²) in [6.07, 6.45) is 8.36. The molecule has 2 N–H and O–H groups in total. The summed E-state index contributed by atoms with van der Waals surface area (Å²) >= 11 is 0. The molecule has 0 aromatic rings. The first-order chi connectivity index (χ1) is 8.49. The van der Waals surface area contributed by atoms with Crippen LogP contribution in [0.5, 0.6) is 0 Å². The second-order valence-electron chi connectivity index (χ2n) is 5.16. The first-order valence-corrected chi connectivity index (χ1v) is 6.27. The Balaban J connectivity index is 2.36. The summed E-state index contributed by atoms with van der Waals surface area (Å²) in [7, 11) is 6.03. The van der Waals surface area contributed by atoms with Crippen LogP contribution in [0.25, 0.3) is 0 Å². The summed E-state index contributed by atoms with van der Waals surface area (Å²) in [6.45, 7) is 0.866. The Morgan fingerprint density at radius 3 is 2.83 bits per heavy atom. The van der Waals surface area contributed by atoms with Gasteiger partial charge in [-0.3, -0.25) is 9.69 Å². The van der Waals surface area contributed by atoms with Crippen LogP contribution in [0.4, 0.5) is 0 Å². The third-order valence-electron chi connectivity index (χ3n) is 3.66. The van der Waals surface area contributed by atoms with Crippen LogP contribution in [0, 0.1) is 0 Å². The number of hydrogen-bond donors (Lipinski definition) is 1. The van der Waals surface area contributed by atoms with E-state index in [-0.39, 0.29) is 11.9 Å². The molecule has 0 fully saturated rings. The van der Waals surface area contributed by atoms with Gasteiger partial charge in [0.1, 0.15) is 6.04 Å². The summed E-state index contributed by atoms with van der Waals surface area (Å²) in [6, 6.07) is -0.302. The van der Waals surface area contributed by atoms with Gasteiger partial charge in [0.25, 0.3) is 0 Å². The molecule has 0 saturated heterocycles. The number of rotatable bonds is 2. The summed E-state index contributed by atoms with van der Waals surface area (Å²) in [5.74, 6) is -0.281. The Bertz CT molecular complexity index is 446. The van der Waals surface area contributed by atoms with E-state index in [1.807, 2.05) is 32.1 Å². The van der Waals surface area contributed by atoms with Gasteiger partial charge in [-0.05, 0) is 30.7 Å². The van der Waals surface area contributed by atoms with Crippen molar-refractivity contribution in [3.63, 3.8) is 0 Å². The largest absolute Gasteiger partial charge is 0.381 e. The van der Waals surface area contributed by atoms with E-state index < -0.39 is 0 Å². The van der Waals surface area contributed by atoms with E-state index in [4.69, 9.17) is 5.73 Å². The summed E-state index contributed by atoms with van der Waals surface area (Å²) in [4.78, 5) is 15.6. The zero-order chi connectivity index (χ0) is 13.3. The average Bonchev–Trinajstić information content (AvgIpc) is 2.48. The minimum absolute atomic E-state index is 0.281. The number of fused-ring (bicyclic) bond motifs is 1. The van der Waals surface area contributed by atoms with E-state index in [0.29, 0.717) is 0 Å². The van der Waals surface area contributed by atoms with E-state index >= 15 is 0 Å². The second kappa shape index (κ2) is 4.98. The highest BCUT2D eigenvalue weighted by Crippen LogP contribution is 2.29. The molecule has 0 radical (unpaired) electrons. The first-order valence-electron chi connectivity index (χ1n) is 6.27. The van der Waals surface area contributed by atoms with Crippen molar-refractivity contribution in [1.29, 1.82) is 0 Å². The lowest BCUT2D eigenvalue weighted by molar-refractivity contribution is -0.121. The molecule has 1 aliphatic heterocycles. The number of carbonyl (C=O) groups is 1. The number of amides is 1. The van der Waals surface area contributed by atoms with Crippen LogP contribution in [-0.4, -0.2) is 49.4 Å². The van der Waals surface area contributed by atoms with Gasteiger partial charge in [-0.1, -0.05) is 12.2 Å². The second-order valence-corrected chi connectivity index (χ2v) is 5.16. The van der Waals surface area contributed by atoms with Crippen LogP contribution in [0.15, 0.2) is 35.1 Å². The molecule has 98 valence electrons. The average molecular weight is 247 g/mol. The van der Waals surface area contributed by atoms with Crippen molar-refractivity contribution in [3.8, 4) is 0 Å². The van der Waals surface area contributed by atoms with E-state index in [2.05, 4.69) is 17.1 Å². The summed E-state index contributed by atoms with van der Waals surface area (Å²) in [5.41, 5.74) is 9.21. The Kier molecular flexibility index (Phi) is 3.57. The number of hydrogen-bond acceptors (Lipinski definition) is 3. The van der Waals surface area contributed by atoms with Crippen molar-refractivity contribution in [2.24, 2.45) is 5.73 Å². The van der Waals surface area contributed by atoms with Crippen LogP contribution >= 0.6 is 0 Å². The Morgan fingerprint density at radius 1 is 1.50 bits per heavy atom. The molecule has 1 unspecified atom stereocenters. The van der Waals surface area contributed by atoms with Crippen molar-refractivity contribution >= 4 is 5.91 Å². The lowest BCUT2D eigenvalue weighted by Crippen LogP contribution is -2.41. The van der Waals surface area contributed by atoms with E-state index in [1.54, 1.807) is 0 Å². The van der Waals surface area contributed by atoms with E-state index in [9.17, 15) is 4.79 Å². The lowest BCUT2D eigenvalue weighted by Gasteiger charge is -2.21. The SMILES string of the molecule is CN(C)C1=CC2=CC(C(N)=O)N(C)CCC2=CC1. The molecular formula is C14H21N3O. The standard InChI is InChI=1S/C14H21N3O/c1-16(2)12-5-4-10-6-7-17(3)13(14(15)18)9-11(10)8-12/h4,8-9,13H,5-7H2,1-3H3,(H2,15,18). The Labute approximate surface area is 108 Å². The zero-order valence-electron chi connectivity index (χ0n) is 11.3. The molecular weight excluding hydrogens is 226 g/mol. The molecule has 0 aromatic carbocycles. The minimum Gasteiger partial charge on any atom is -0.381 e. The van der Waals surface area contributed by atoms with Crippen LogP contribution < -0.4 is 5.73 Å². The molecule has 4 nitrogen and oxygen atoms in total. The van der Waals surface area contributed by atoms with Crippen molar-refractivity contribution in [3.05, 3.63) is 35.1 Å². The van der Waals surface area contributed by atoms with Gasteiger partial charge in [-0.2, -0.15) is 0 Å². The van der Waals surface area contributed by atoms with Gasteiger partial charge in [0.05, 0.1) is 0 Å². The van der Waals surface area contributed by atoms with Gasteiger partial charge in [0.15, 0.2) is 0 Å². The molecule has 0 bridgehead atoms. The topological polar surface area (TPSA) is 49.6 Å². The monoisotopic (exact) mass is 247 g/mol. The third-order valence-corrected chi connectivity index (χ3v) is 3.66. The molecule has 0 spiro atoms. The fourth-order valence-electron chi connectivity index (χ4n) is 2.42. The predicted octanol–water partition coefficient (Wildman–Crippen LogP) is 0.878. The highest BCUT2D eigenvalue weighted by molar-refractivity contribution is 5.82. The number of likely N-dealkylation sites (N-methyl/N-ethyl adjacent to an activating group) is 1. The number of allylic oxidation sites excluding steroid dienone is 3. The van der Waals surface area contributed by atoms with Gasteiger partial charge in [0.2, 0.25) is 5.91 Å². The number of carbonyl (C=O) groups excluding carboxylic acids is 1. The normalized spacial score (nSPS) is 24.4. The lowest BCUT2D eigenvalue weighted by atomic mass is 9.94. The van der Waals surface area contributed by atoms with Crippen LogP contribution in [0.1, 0.15) is 12.8 Å². The van der Waals surface area contributed by atoms with E-state index in [1.165, 1.54) is 11.3 Å². The molecule has 2 aliphatic rings. The maximum atomic E-state index is 11.5. The molecule has 4 heteroatoms. The summed E-state index contributed by atoms with van der Waals surface area (Å²) in [5, 5.41) is 0. The molecule has 1 aliphatic carbocycles. The maximum Gasteiger partial charge on any atom is 0.238 e. The number of primary amides is 1. The fraction of sp³-hybridized carbons (Fsp3) is 0.500. The van der Waals surface area contributed by atoms with Crippen molar-refractivity contribution in [2.75, 3.05) is 27.7 Å². The van der Waals surface area contributed by atoms with Crippen LogP contribution in [-0.2, 0) is 4.79 Å². The highest BCUT2D eigenvalue weighted by atomic mass is 16.1. The van der Waals surface area contributed by atoms with Gasteiger partial charge in [0, 0.05) is 32.8 Å². The zero-order valence-corrected chi connectivity index (χ0v) is 11.3. The smallest absolute Gasteiger partial charge is 0.238 e. The Hall–Kier alpha value is -1.55. The minimum atomic E-state index is -0.302. The predicted molar refractivity (Wildman–Crippen MR) is 72.8 cm³/mol. The van der Waals surface area contributed by atoms with Gasteiger partial charge < -0.3 is 10.6 Å². The first kappa shape index (κ1) is 12.9. The molecule has 1 atom stereocenters. The van der Waals surface area contributed by atoms with Gasteiger partial charge in [-0.15, -0.1) is 0 Å². The summed E-state index contributed by atoms with van der Waals surface area (Å²) < 4.78 is 0. The van der Waals surface area contributed by atoms with E-state index in [0.717, 1.165) is 25.0 Å². The molecule has 2 rings (SSSR count). The molecule has 0 saturated carbocycles. The maximum absolute atomic E-state index is 11.5. The van der Waals surface area contributed by atoms with Crippen molar-refractivity contribution in [2.45, 2.75) is 18.9 Å². The molecule has 1 heterocycles. The highest BCUT2D eigenvalue weighted by Gasteiger charge is 2.24. The quantitative estimate of drug-likeness (QED) is 0.788. The van der Waals surface area contributed by atoms with Gasteiger partial charge >= 0.3 is 0 Å². The Morgan fingerprint density at radius 2 is 2.22 bits per heavy atom. The van der Waals surface area contributed by atoms with Crippen LogP contribution in [0.3, 0.4) is 0 Å². The number of nitrogens with zero attached hydrogens (tertiary/aromatic N) is 2. The van der Waals surface area contributed by atoms with Crippen molar-refractivity contribution < 1.29 is 4.79 Å². The van der Waals surface area contributed by atoms with Crippen molar-refractivity contribution in [1.82, 2.24) is 9.80 Å². The molecule has 1 amide bonds. The third kappa shape index (κ3) is 2.48. The van der Waals surface area contributed by atoms with Gasteiger partial charge in [-0.25, -0.2) is 0 Å². The number of nitrogens with two attached hydrogens (primary N) is 1. The van der Waals surface area contributed by atoms with Crippen LogP contribution in [0.2, 0.25) is 0 Å².